The lowest BCUT2D eigenvalue weighted by atomic mass is 10.0. The molecule has 1 aliphatic heterocycles. The number of benzene rings is 2. The third kappa shape index (κ3) is 7.71. The first-order chi connectivity index (χ1) is 19.4. The van der Waals surface area contributed by atoms with Gasteiger partial charge in [0.1, 0.15) is 17.6 Å². The number of fused-ring (bicyclic) bond motifs is 1. The van der Waals surface area contributed by atoms with E-state index in [9.17, 15) is 14.7 Å². The van der Waals surface area contributed by atoms with Gasteiger partial charge in [-0.3, -0.25) is 9.78 Å². The number of nitrogens with one attached hydrogen (secondary N) is 3. The van der Waals surface area contributed by atoms with Gasteiger partial charge in [0.05, 0.1) is 26.2 Å². The first kappa shape index (κ1) is 28.8. The zero-order valence-corrected chi connectivity index (χ0v) is 23.1. The maximum Gasteiger partial charge on any atom is 0.323 e. The van der Waals surface area contributed by atoms with Crippen molar-refractivity contribution in [2.24, 2.45) is 5.92 Å². The molecule has 2 aromatic carbocycles. The lowest BCUT2D eigenvalue weighted by Crippen LogP contribution is -2.47. The number of urea groups is 1. The van der Waals surface area contributed by atoms with Gasteiger partial charge in [-0.2, -0.15) is 0 Å². The number of ether oxygens (including phenoxy) is 2. The van der Waals surface area contributed by atoms with E-state index in [1.54, 1.807) is 66.9 Å². The summed E-state index contributed by atoms with van der Waals surface area (Å²) in [5.41, 5.74) is 2.92. The largest absolute Gasteiger partial charge is 0.497 e. The number of nitrogens with zero attached hydrogens (tertiary/aromatic N) is 2. The molecule has 3 amide bonds. The predicted octanol–water partition coefficient (Wildman–Crippen LogP) is 3.67. The lowest BCUT2D eigenvalue weighted by Gasteiger charge is -2.32. The Balaban J connectivity index is 1.51. The third-order valence-electron chi connectivity index (χ3n) is 6.95. The second-order valence-electron chi connectivity index (χ2n) is 10.0. The molecule has 0 saturated carbocycles. The fraction of sp³-hybridized carbons (Fsp3) is 0.367. The lowest BCUT2D eigenvalue weighted by molar-refractivity contribution is -0.134. The maximum atomic E-state index is 13.4. The van der Waals surface area contributed by atoms with Crippen LogP contribution in [0, 0.1) is 5.92 Å². The minimum absolute atomic E-state index is 0.0121. The van der Waals surface area contributed by atoms with Gasteiger partial charge in [0.15, 0.2) is 0 Å². The van der Waals surface area contributed by atoms with Crippen LogP contribution in [-0.2, 0) is 17.8 Å². The molecule has 0 bridgehead atoms. The smallest absolute Gasteiger partial charge is 0.323 e. The van der Waals surface area contributed by atoms with Crippen molar-refractivity contribution in [1.29, 1.82) is 0 Å². The molecule has 1 aliphatic rings. The summed E-state index contributed by atoms with van der Waals surface area (Å²) in [5, 5.41) is 18.9. The van der Waals surface area contributed by atoms with Crippen molar-refractivity contribution in [3.05, 3.63) is 78.1 Å². The van der Waals surface area contributed by atoms with Gasteiger partial charge in [0.2, 0.25) is 5.91 Å². The summed E-state index contributed by atoms with van der Waals surface area (Å²) in [6.07, 6.45) is 3.36. The fourth-order valence-electron chi connectivity index (χ4n) is 4.58. The van der Waals surface area contributed by atoms with E-state index >= 15 is 0 Å². The van der Waals surface area contributed by atoms with E-state index in [0.29, 0.717) is 48.1 Å². The number of anilines is 2. The van der Waals surface area contributed by atoms with Crippen LogP contribution in [0.4, 0.5) is 16.2 Å². The van der Waals surface area contributed by atoms with Crippen molar-refractivity contribution in [3.8, 4) is 11.5 Å². The van der Waals surface area contributed by atoms with Gasteiger partial charge in [-0.1, -0.05) is 6.92 Å². The first-order valence-electron chi connectivity index (χ1n) is 13.4. The Morgan fingerprint density at radius 3 is 2.52 bits per heavy atom. The predicted molar refractivity (Wildman–Crippen MR) is 154 cm³/mol. The summed E-state index contributed by atoms with van der Waals surface area (Å²) < 4.78 is 11.7. The van der Waals surface area contributed by atoms with E-state index in [1.807, 2.05) is 26.0 Å². The van der Waals surface area contributed by atoms with Crippen LogP contribution in [0.5, 0.6) is 11.5 Å². The Bertz CT molecular complexity index is 1270. The van der Waals surface area contributed by atoms with Gasteiger partial charge in [-0.25, -0.2) is 4.79 Å². The van der Waals surface area contributed by atoms with E-state index in [4.69, 9.17) is 9.47 Å². The van der Waals surface area contributed by atoms with Crippen LogP contribution in [0.1, 0.15) is 25.0 Å². The molecule has 0 saturated heterocycles. The van der Waals surface area contributed by atoms with Crippen LogP contribution < -0.4 is 25.4 Å². The van der Waals surface area contributed by atoms with Gasteiger partial charge in [0, 0.05) is 54.9 Å². The molecular formula is C30H37N5O5. The number of aliphatic hydroxyl groups excluding tert-OH is 1. The van der Waals surface area contributed by atoms with Crippen LogP contribution in [0.25, 0.3) is 0 Å². The van der Waals surface area contributed by atoms with Crippen LogP contribution in [-0.4, -0.2) is 65.9 Å². The summed E-state index contributed by atoms with van der Waals surface area (Å²) in [7, 11) is 1.58. The van der Waals surface area contributed by atoms with Crippen LogP contribution in [0.15, 0.2) is 67.0 Å². The summed E-state index contributed by atoms with van der Waals surface area (Å²) in [6.45, 7) is 5.42. The number of amides is 3. The van der Waals surface area contributed by atoms with Crippen molar-refractivity contribution in [1.82, 2.24) is 15.2 Å². The number of methoxy groups -OCH3 is 1. The molecule has 2 heterocycles. The molecule has 0 spiro atoms. The Morgan fingerprint density at radius 1 is 1.12 bits per heavy atom. The number of carbonyl (C=O) groups excluding carboxylic acids is 2. The van der Waals surface area contributed by atoms with E-state index in [0.717, 1.165) is 5.56 Å². The van der Waals surface area contributed by atoms with Gasteiger partial charge in [-0.05, 0) is 67.1 Å². The molecule has 0 fully saturated rings. The van der Waals surface area contributed by atoms with E-state index in [1.165, 1.54) is 0 Å². The normalized spacial score (nSPS) is 17.9. The van der Waals surface area contributed by atoms with Crippen molar-refractivity contribution < 1.29 is 24.2 Å². The molecule has 0 unspecified atom stereocenters. The quantitative estimate of drug-likeness (QED) is 0.322. The number of aromatic nitrogens is 1. The number of rotatable bonds is 9. The molecule has 40 heavy (non-hydrogen) atoms. The number of aliphatic hydroxyl groups is 1. The molecule has 4 rings (SSSR count). The first-order valence-corrected chi connectivity index (χ1v) is 13.4. The molecular weight excluding hydrogens is 510 g/mol. The van der Waals surface area contributed by atoms with Gasteiger partial charge in [-0.15, -0.1) is 0 Å². The van der Waals surface area contributed by atoms with Gasteiger partial charge >= 0.3 is 6.03 Å². The highest BCUT2D eigenvalue weighted by atomic mass is 16.5. The average molecular weight is 548 g/mol. The SMILES string of the molecule is COc1ccc(NC(=O)Nc2ccc3c(c2)CC(=O)N([C@@H](C)CO)C[C@@H](C)[C@H](CNCc2ccncc2)O3)cc1. The zero-order valence-electron chi connectivity index (χ0n) is 23.1. The molecule has 212 valence electrons. The molecule has 3 aromatic rings. The highest BCUT2D eigenvalue weighted by Crippen LogP contribution is 2.29. The number of carbonyl (C=O) groups is 2. The van der Waals surface area contributed by atoms with Crippen molar-refractivity contribution in [2.75, 3.05) is 37.4 Å². The minimum atomic E-state index is -0.414. The third-order valence-corrected chi connectivity index (χ3v) is 6.95. The topological polar surface area (TPSA) is 125 Å². The van der Waals surface area contributed by atoms with E-state index < -0.39 is 6.03 Å². The number of hydrogen-bond donors (Lipinski definition) is 4. The number of hydrogen-bond acceptors (Lipinski definition) is 7. The van der Waals surface area contributed by atoms with E-state index in [2.05, 4.69) is 20.9 Å². The maximum absolute atomic E-state index is 13.4. The minimum Gasteiger partial charge on any atom is -0.497 e. The molecule has 0 aliphatic carbocycles. The summed E-state index contributed by atoms with van der Waals surface area (Å²) in [4.78, 5) is 31.8. The van der Waals surface area contributed by atoms with Crippen LogP contribution in [0.3, 0.4) is 0 Å². The fourth-order valence-corrected chi connectivity index (χ4v) is 4.58. The van der Waals surface area contributed by atoms with Crippen LogP contribution in [0.2, 0.25) is 0 Å². The Kier molecular flexibility index (Phi) is 9.93. The molecule has 4 N–H and O–H groups in total. The summed E-state index contributed by atoms with van der Waals surface area (Å²) in [6, 6.07) is 15.5. The number of pyridine rings is 1. The second-order valence-corrected chi connectivity index (χ2v) is 10.0. The molecule has 10 nitrogen and oxygen atoms in total. The monoisotopic (exact) mass is 547 g/mol. The van der Waals surface area contributed by atoms with Crippen molar-refractivity contribution >= 4 is 23.3 Å². The molecule has 1 aromatic heterocycles. The standard InChI is InChI=1S/C30H37N5O5/c1-20-18-35(21(2)19-36)29(37)15-23-14-25(34-30(38)33-24-4-7-26(39-3)8-5-24)6-9-27(23)40-28(20)17-32-16-22-10-12-31-13-11-22/h4-14,20-21,28,32,36H,15-19H2,1-3H3,(H2,33,34,38)/t20-,21+,28+/m1/s1. The highest BCUT2D eigenvalue weighted by Gasteiger charge is 2.30. The second kappa shape index (κ2) is 13.8. The van der Waals surface area contributed by atoms with Crippen molar-refractivity contribution in [2.45, 2.75) is 39.0 Å². The molecule has 0 radical (unpaired) electrons. The van der Waals surface area contributed by atoms with E-state index in [-0.39, 0.29) is 37.0 Å². The zero-order chi connectivity index (χ0) is 28.5. The highest BCUT2D eigenvalue weighted by molar-refractivity contribution is 6.00. The van der Waals surface area contributed by atoms with Crippen LogP contribution >= 0.6 is 0 Å². The Hall–Kier alpha value is -4.15. The summed E-state index contributed by atoms with van der Waals surface area (Å²) in [5.74, 6) is 1.17. The Morgan fingerprint density at radius 2 is 1.82 bits per heavy atom. The average Bonchev–Trinajstić information content (AvgIpc) is 3.01. The van der Waals surface area contributed by atoms with Gasteiger partial charge < -0.3 is 35.4 Å². The summed E-state index contributed by atoms with van der Waals surface area (Å²) >= 11 is 0. The van der Waals surface area contributed by atoms with Gasteiger partial charge in [0.25, 0.3) is 0 Å². The molecule has 10 heteroatoms. The molecule has 3 atom stereocenters. The van der Waals surface area contributed by atoms with Crippen molar-refractivity contribution in [3.63, 3.8) is 0 Å². The Labute approximate surface area is 234 Å².